The first-order chi connectivity index (χ1) is 8.50. The fraction of sp³-hybridized carbons (Fsp3) is 0.462. The van der Waals surface area contributed by atoms with Crippen molar-refractivity contribution in [2.24, 2.45) is 5.73 Å². The second-order valence-electron chi connectivity index (χ2n) is 5.24. The average Bonchev–Trinajstić information content (AvgIpc) is 2.65. The molecule has 0 aliphatic rings. The molecule has 2 rings (SSSR count). The van der Waals surface area contributed by atoms with Crippen molar-refractivity contribution in [3.63, 3.8) is 0 Å². The number of aromatic nitrogens is 2. The third-order valence-corrected chi connectivity index (χ3v) is 3.12. The lowest BCUT2D eigenvalue weighted by atomic mass is 10.0. The van der Waals surface area contributed by atoms with E-state index in [2.05, 4.69) is 29.1 Å². The number of nitrogens with one attached hydrogen (secondary N) is 3. The minimum Gasteiger partial charge on any atom is -0.330 e. The first kappa shape index (κ1) is 12.9. The van der Waals surface area contributed by atoms with E-state index in [0.29, 0.717) is 6.54 Å². The first-order valence-corrected chi connectivity index (χ1v) is 6.16. The number of imidazole rings is 1. The van der Waals surface area contributed by atoms with Crippen molar-refractivity contribution in [1.29, 1.82) is 0 Å². The molecule has 0 aliphatic heterocycles. The molecule has 1 aromatic heterocycles. The molecular weight excluding hydrogens is 228 g/mol. The summed E-state index contributed by atoms with van der Waals surface area (Å²) >= 11 is 0. The quantitative estimate of drug-likeness (QED) is 0.638. The van der Waals surface area contributed by atoms with Crippen LogP contribution in [0.15, 0.2) is 23.0 Å². The van der Waals surface area contributed by atoms with Crippen LogP contribution in [0.25, 0.3) is 11.0 Å². The van der Waals surface area contributed by atoms with Crippen molar-refractivity contribution in [3.8, 4) is 0 Å². The van der Waals surface area contributed by atoms with Crippen molar-refractivity contribution in [3.05, 3.63) is 34.2 Å². The molecule has 0 bridgehead atoms. The molecule has 1 aromatic carbocycles. The summed E-state index contributed by atoms with van der Waals surface area (Å²) in [7, 11) is 0. The molecule has 0 saturated carbocycles. The molecule has 5 nitrogen and oxygen atoms in total. The molecule has 18 heavy (non-hydrogen) atoms. The Kier molecular flexibility index (Phi) is 3.54. The summed E-state index contributed by atoms with van der Waals surface area (Å²) in [6.45, 7) is 5.70. The van der Waals surface area contributed by atoms with E-state index >= 15 is 0 Å². The highest BCUT2D eigenvalue weighted by Crippen LogP contribution is 2.12. The van der Waals surface area contributed by atoms with E-state index in [0.717, 1.165) is 29.6 Å². The van der Waals surface area contributed by atoms with Crippen LogP contribution < -0.4 is 16.7 Å². The Bertz CT molecular complexity index is 582. The van der Waals surface area contributed by atoms with E-state index in [1.165, 1.54) is 0 Å². The van der Waals surface area contributed by atoms with Crippen molar-refractivity contribution in [1.82, 2.24) is 15.3 Å². The number of rotatable bonds is 5. The SMILES string of the molecule is CC(C)(CCN)NCc1ccc2[nH]c(=O)[nH]c2c1. The van der Waals surface area contributed by atoms with Gasteiger partial charge in [-0.2, -0.15) is 0 Å². The summed E-state index contributed by atoms with van der Waals surface area (Å²) in [5, 5.41) is 3.47. The summed E-state index contributed by atoms with van der Waals surface area (Å²) in [4.78, 5) is 16.7. The monoisotopic (exact) mass is 248 g/mol. The van der Waals surface area contributed by atoms with Crippen LogP contribution in [-0.4, -0.2) is 22.1 Å². The number of benzene rings is 1. The second kappa shape index (κ2) is 4.96. The van der Waals surface area contributed by atoms with Crippen molar-refractivity contribution in [2.45, 2.75) is 32.4 Å². The van der Waals surface area contributed by atoms with Crippen LogP contribution in [0.4, 0.5) is 0 Å². The number of hydrogen-bond donors (Lipinski definition) is 4. The normalized spacial score (nSPS) is 12.2. The summed E-state index contributed by atoms with van der Waals surface area (Å²) in [5.41, 5.74) is 8.25. The Labute approximate surface area is 106 Å². The molecule has 98 valence electrons. The Balaban J connectivity index is 2.10. The standard InChI is InChI=1S/C13H20N4O/c1-13(2,5-6-14)15-8-9-3-4-10-11(7-9)17-12(18)16-10/h3-4,7,15H,5-6,8,14H2,1-2H3,(H2,16,17,18). The molecule has 0 spiro atoms. The van der Waals surface area contributed by atoms with Gasteiger partial charge in [-0.3, -0.25) is 0 Å². The Morgan fingerprint density at radius 1 is 1.28 bits per heavy atom. The second-order valence-corrected chi connectivity index (χ2v) is 5.24. The maximum absolute atomic E-state index is 11.2. The summed E-state index contributed by atoms with van der Waals surface area (Å²) in [6, 6.07) is 5.91. The third-order valence-electron chi connectivity index (χ3n) is 3.12. The van der Waals surface area contributed by atoms with Gasteiger partial charge in [0.25, 0.3) is 0 Å². The molecule has 0 atom stereocenters. The molecular formula is C13H20N4O. The zero-order valence-electron chi connectivity index (χ0n) is 10.8. The topological polar surface area (TPSA) is 86.7 Å². The Morgan fingerprint density at radius 3 is 2.72 bits per heavy atom. The van der Waals surface area contributed by atoms with Crippen LogP contribution in [-0.2, 0) is 6.54 Å². The van der Waals surface area contributed by atoms with Gasteiger partial charge in [-0.1, -0.05) is 6.07 Å². The largest absolute Gasteiger partial charge is 0.330 e. The van der Waals surface area contributed by atoms with E-state index in [9.17, 15) is 4.79 Å². The first-order valence-electron chi connectivity index (χ1n) is 6.16. The maximum Gasteiger partial charge on any atom is 0.323 e. The van der Waals surface area contributed by atoms with Crippen molar-refractivity contribution >= 4 is 11.0 Å². The minimum absolute atomic E-state index is 0.0231. The molecule has 0 amide bonds. The fourth-order valence-corrected chi connectivity index (χ4v) is 1.98. The van der Waals surface area contributed by atoms with Gasteiger partial charge in [-0.25, -0.2) is 4.79 Å². The van der Waals surface area contributed by atoms with Gasteiger partial charge in [0.2, 0.25) is 0 Å². The van der Waals surface area contributed by atoms with E-state index < -0.39 is 0 Å². The third kappa shape index (κ3) is 3.00. The molecule has 2 aromatic rings. The molecule has 1 heterocycles. The fourth-order valence-electron chi connectivity index (χ4n) is 1.98. The molecule has 0 fully saturated rings. The zero-order valence-corrected chi connectivity index (χ0v) is 10.8. The van der Waals surface area contributed by atoms with Crippen LogP contribution in [0, 0.1) is 0 Å². The van der Waals surface area contributed by atoms with Gasteiger partial charge in [-0.15, -0.1) is 0 Å². The molecule has 0 radical (unpaired) electrons. The van der Waals surface area contributed by atoms with Gasteiger partial charge in [0.05, 0.1) is 11.0 Å². The molecule has 0 saturated heterocycles. The van der Waals surface area contributed by atoms with Crippen LogP contribution in [0.2, 0.25) is 0 Å². The number of fused-ring (bicyclic) bond motifs is 1. The Morgan fingerprint density at radius 2 is 2.00 bits per heavy atom. The van der Waals surface area contributed by atoms with Gasteiger partial charge in [0.15, 0.2) is 0 Å². The van der Waals surface area contributed by atoms with Crippen molar-refractivity contribution in [2.75, 3.05) is 6.54 Å². The molecule has 0 unspecified atom stereocenters. The lowest BCUT2D eigenvalue weighted by molar-refractivity contribution is 0.365. The number of hydrogen-bond acceptors (Lipinski definition) is 3. The molecule has 5 heteroatoms. The van der Waals surface area contributed by atoms with Gasteiger partial charge >= 0.3 is 5.69 Å². The van der Waals surface area contributed by atoms with Gasteiger partial charge in [-0.05, 0) is 44.5 Å². The predicted octanol–water partition coefficient (Wildman–Crippen LogP) is 1.07. The lowest BCUT2D eigenvalue weighted by Crippen LogP contribution is -2.40. The van der Waals surface area contributed by atoms with Crippen LogP contribution in [0.3, 0.4) is 0 Å². The Hall–Kier alpha value is -1.59. The van der Waals surface area contributed by atoms with Crippen molar-refractivity contribution < 1.29 is 0 Å². The summed E-state index contributed by atoms with van der Waals surface area (Å²) < 4.78 is 0. The summed E-state index contributed by atoms with van der Waals surface area (Å²) in [6.07, 6.45) is 0.927. The van der Waals surface area contributed by atoms with E-state index in [1.54, 1.807) is 0 Å². The van der Waals surface area contributed by atoms with E-state index in [4.69, 9.17) is 5.73 Å². The number of nitrogens with two attached hydrogens (primary N) is 1. The van der Waals surface area contributed by atoms with Gasteiger partial charge in [0, 0.05) is 12.1 Å². The molecule has 0 aliphatic carbocycles. The van der Waals surface area contributed by atoms with Crippen LogP contribution in [0.1, 0.15) is 25.8 Å². The average molecular weight is 248 g/mol. The molecule has 5 N–H and O–H groups in total. The predicted molar refractivity (Wildman–Crippen MR) is 73.5 cm³/mol. The van der Waals surface area contributed by atoms with Gasteiger partial charge in [0.1, 0.15) is 0 Å². The van der Waals surface area contributed by atoms with Crippen LogP contribution >= 0.6 is 0 Å². The summed E-state index contributed by atoms with van der Waals surface area (Å²) in [5.74, 6) is 0. The van der Waals surface area contributed by atoms with E-state index in [1.807, 2.05) is 18.2 Å². The maximum atomic E-state index is 11.2. The number of aromatic amines is 2. The highest BCUT2D eigenvalue weighted by molar-refractivity contribution is 5.74. The van der Waals surface area contributed by atoms with Gasteiger partial charge < -0.3 is 21.0 Å². The number of H-pyrrole nitrogens is 2. The lowest BCUT2D eigenvalue weighted by Gasteiger charge is -2.25. The van der Waals surface area contributed by atoms with E-state index in [-0.39, 0.29) is 11.2 Å². The van der Waals surface area contributed by atoms with Crippen LogP contribution in [0.5, 0.6) is 0 Å². The zero-order chi connectivity index (χ0) is 13.2. The highest BCUT2D eigenvalue weighted by Gasteiger charge is 2.15. The smallest absolute Gasteiger partial charge is 0.323 e. The highest BCUT2D eigenvalue weighted by atomic mass is 16.1. The minimum atomic E-state index is -0.168.